The first-order chi connectivity index (χ1) is 13.5. The van der Waals surface area contributed by atoms with Crippen LogP contribution in [0.15, 0.2) is 72.8 Å². The minimum absolute atomic E-state index is 0.0755. The zero-order chi connectivity index (χ0) is 19.9. The third-order valence-electron chi connectivity index (χ3n) is 4.87. The molecular formula is C24H26FN2O+. The maximum atomic E-state index is 13.9. The number of aryl methyl sites for hydroxylation is 2. The number of hydrogen-bond donors (Lipinski definition) is 2. The molecule has 0 bridgehead atoms. The number of carbonyl (C=O) groups excluding carboxylic acids is 1. The van der Waals surface area contributed by atoms with Gasteiger partial charge in [-0.3, -0.25) is 4.79 Å². The van der Waals surface area contributed by atoms with Gasteiger partial charge in [0.1, 0.15) is 5.82 Å². The van der Waals surface area contributed by atoms with E-state index >= 15 is 0 Å². The average molecular weight is 377 g/mol. The Balaban J connectivity index is 1.74. The first-order valence-corrected chi connectivity index (χ1v) is 9.54. The summed E-state index contributed by atoms with van der Waals surface area (Å²) < 4.78 is 13.9. The third kappa shape index (κ3) is 5.05. The van der Waals surface area contributed by atoms with E-state index in [1.165, 1.54) is 6.07 Å². The van der Waals surface area contributed by atoms with Crippen LogP contribution in [0.5, 0.6) is 0 Å². The van der Waals surface area contributed by atoms with Crippen molar-refractivity contribution in [2.24, 2.45) is 0 Å². The van der Waals surface area contributed by atoms with E-state index < -0.39 is 6.04 Å². The summed E-state index contributed by atoms with van der Waals surface area (Å²) in [6.07, 6.45) is 0.562. The van der Waals surface area contributed by atoms with E-state index in [9.17, 15) is 9.18 Å². The summed E-state index contributed by atoms with van der Waals surface area (Å²) in [5, 5.41) is 5.04. The third-order valence-corrected chi connectivity index (χ3v) is 4.87. The van der Waals surface area contributed by atoms with Crippen LogP contribution in [0.25, 0.3) is 0 Å². The number of nitrogens with one attached hydrogen (secondary N) is 1. The summed E-state index contributed by atoms with van der Waals surface area (Å²) in [6, 6.07) is 22.1. The Labute approximate surface area is 165 Å². The number of nitrogens with two attached hydrogens (primary N) is 1. The van der Waals surface area contributed by atoms with Gasteiger partial charge in [-0.05, 0) is 42.7 Å². The maximum absolute atomic E-state index is 13.9. The Morgan fingerprint density at radius 3 is 2.46 bits per heavy atom. The highest BCUT2D eigenvalue weighted by molar-refractivity contribution is 5.95. The number of anilines is 1. The second kappa shape index (κ2) is 9.29. The van der Waals surface area contributed by atoms with Gasteiger partial charge >= 0.3 is 0 Å². The molecule has 1 atom stereocenters. The van der Waals surface area contributed by atoms with Gasteiger partial charge in [-0.15, -0.1) is 0 Å². The average Bonchev–Trinajstić information content (AvgIpc) is 2.70. The Hall–Kier alpha value is -2.98. The number of amides is 1. The molecule has 0 saturated heterocycles. The molecule has 0 aliphatic heterocycles. The largest absolute Gasteiger partial charge is 0.332 e. The molecule has 0 spiro atoms. The van der Waals surface area contributed by atoms with Gasteiger partial charge in [-0.25, -0.2) is 4.39 Å². The molecule has 3 rings (SSSR count). The van der Waals surface area contributed by atoms with Crippen LogP contribution in [0.3, 0.4) is 0 Å². The fourth-order valence-electron chi connectivity index (χ4n) is 3.24. The molecular weight excluding hydrogens is 351 g/mol. The van der Waals surface area contributed by atoms with Crippen molar-refractivity contribution in [3.63, 3.8) is 0 Å². The van der Waals surface area contributed by atoms with E-state index in [0.717, 1.165) is 22.4 Å². The van der Waals surface area contributed by atoms with Gasteiger partial charge in [0.25, 0.3) is 5.91 Å². The highest BCUT2D eigenvalue weighted by Gasteiger charge is 2.24. The minimum atomic E-state index is -0.395. The minimum Gasteiger partial charge on any atom is -0.332 e. The van der Waals surface area contributed by atoms with Crippen molar-refractivity contribution in [2.45, 2.75) is 26.3 Å². The van der Waals surface area contributed by atoms with Gasteiger partial charge in [0.2, 0.25) is 0 Å². The molecule has 0 heterocycles. The second-order valence-corrected chi connectivity index (χ2v) is 7.06. The summed E-state index contributed by atoms with van der Waals surface area (Å²) in [6.45, 7) is 4.60. The van der Waals surface area contributed by atoms with E-state index in [2.05, 4.69) is 5.32 Å². The summed E-state index contributed by atoms with van der Waals surface area (Å²) >= 11 is 0. The van der Waals surface area contributed by atoms with Crippen LogP contribution < -0.4 is 10.6 Å². The normalized spacial score (nSPS) is 11.8. The fraction of sp³-hybridized carbons (Fsp3) is 0.208. The number of quaternary nitrogens is 1. The first-order valence-electron chi connectivity index (χ1n) is 9.54. The molecule has 0 radical (unpaired) electrons. The maximum Gasteiger partial charge on any atom is 0.287 e. The van der Waals surface area contributed by atoms with Crippen molar-refractivity contribution in [1.82, 2.24) is 0 Å². The molecule has 0 fully saturated rings. The zero-order valence-corrected chi connectivity index (χ0v) is 16.3. The lowest BCUT2D eigenvalue weighted by Gasteiger charge is -2.17. The predicted molar refractivity (Wildman–Crippen MR) is 111 cm³/mol. The van der Waals surface area contributed by atoms with Gasteiger partial charge in [0.05, 0.1) is 6.54 Å². The molecule has 28 heavy (non-hydrogen) atoms. The quantitative estimate of drug-likeness (QED) is 0.644. The predicted octanol–water partition coefficient (Wildman–Crippen LogP) is 3.93. The van der Waals surface area contributed by atoms with Crippen LogP contribution in [0.2, 0.25) is 0 Å². The molecule has 4 heteroatoms. The molecule has 3 aromatic rings. The molecule has 0 aromatic heterocycles. The fourth-order valence-corrected chi connectivity index (χ4v) is 3.24. The van der Waals surface area contributed by atoms with E-state index in [1.54, 1.807) is 12.1 Å². The standard InChI is InChI=1S/C24H25FN2O/c1-17-12-13-18(2)22(16-17)27-24(28)23(20-9-4-3-5-10-20)26-15-14-19-8-6-7-11-21(19)25/h3-13,16,23,26H,14-15H2,1-2H3,(H,27,28)/p+1/t23-/m1/s1. The topological polar surface area (TPSA) is 45.7 Å². The molecule has 144 valence electrons. The van der Waals surface area contributed by atoms with Crippen LogP contribution in [-0.2, 0) is 11.2 Å². The molecule has 3 nitrogen and oxygen atoms in total. The Morgan fingerprint density at radius 1 is 1.00 bits per heavy atom. The number of benzene rings is 3. The lowest BCUT2D eigenvalue weighted by molar-refractivity contribution is -0.682. The van der Waals surface area contributed by atoms with Crippen molar-refractivity contribution in [3.05, 3.63) is 101 Å². The number of carbonyl (C=O) groups is 1. The highest BCUT2D eigenvalue weighted by atomic mass is 19.1. The van der Waals surface area contributed by atoms with Gasteiger partial charge in [-0.2, -0.15) is 0 Å². The van der Waals surface area contributed by atoms with E-state index in [4.69, 9.17) is 0 Å². The molecule has 3 N–H and O–H groups in total. The van der Waals surface area contributed by atoms with Gasteiger partial charge in [-0.1, -0.05) is 60.7 Å². The first kappa shape index (κ1) is 19.8. The molecule has 1 amide bonds. The SMILES string of the molecule is Cc1ccc(C)c(NC(=O)[C@H]([NH2+]CCc2ccccc2F)c2ccccc2)c1. The number of rotatable bonds is 7. The molecule has 0 saturated carbocycles. The lowest BCUT2D eigenvalue weighted by atomic mass is 10.0. The molecule has 3 aromatic carbocycles. The van der Waals surface area contributed by atoms with Crippen LogP contribution in [0.1, 0.15) is 28.3 Å². The van der Waals surface area contributed by atoms with Crippen molar-refractivity contribution in [2.75, 3.05) is 11.9 Å². The highest BCUT2D eigenvalue weighted by Crippen LogP contribution is 2.18. The molecule has 0 aliphatic rings. The summed E-state index contributed by atoms with van der Waals surface area (Å²) in [5.74, 6) is -0.277. The van der Waals surface area contributed by atoms with Gasteiger partial charge < -0.3 is 10.6 Å². The van der Waals surface area contributed by atoms with E-state index in [0.29, 0.717) is 18.5 Å². The van der Waals surface area contributed by atoms with Crippen molar-refractivity contribution in [1.29, 1.82) is 0 Å². The lowest BCUT2D eigenvalue weighted by Crippen LogP contribution is -2.87. The number of halogens is 1. The summed E-state index contributed by atoms with van der Waals surface area (Å²) in [4.78, 5) is 13.1. The van der Waals surface area contributed by atoms with Gasteiger partial charge in [0.15, 0.2) is 6.04 Å². The second-order valence-electron chi connectivity index (χ2n) is 7.06. The number of hydrogen-bond acceptors (Lipinski definition) is 1. The van der Waals surface area contributed by atoms with Crippen LogP contribution in [0, 0.1) is 19.7 Å². The van der Waals surface area contributed by atoms with E-state index in [-0.39, 0.29) is 11.7 Å². The monoisotopic (exact) mass is 377 g/mol. The Morgan fingerprint density at radius 2 is 1.71 bits per heavy atom. The van der Waals surface area contributed by atoms with Crippen LogP contribution in [0.4, 0.5) is 10.1 Å². The summed E-state index contributed by atoms with van der Waals surface area (Å²) in [5.41, 5.74) is 4.55. The van der Waals surface area contributed by atoms with Crippen molar-refractivity contribution in [3.8, 4) is 0 Å². The molecule has 0 unspecified atom stereocenters. The van der Waals surface area contributed by atoms with Gasteiger partial charge in [0, 0.05) is 17.7 Å². The van der Waals surface area contributed by atoms with Crippen LogP contribution in [-0.4, -0.2) is 12.5 Å². The van der Waals surface area contributed by atoms with E-state index in [1.807, 2.05) is 73.8 Å². The summed E-state index contributed by atoms with van der Waals surface area (Å²) in [7, 11) is 0. The molecule has 0 aliphatic carbocycles. The smallest absolute Gasteiger partial charge is 0.287 e. The Bertz CT molecular complexity index is 940. The zero-order valence-electron chi connectivity index (χ0n) is 16.3. The van der Waals surface area contributed by atoms with Crippen molar-refractivity contribution >= 4 is 11.6 Å². The Kier molecular flexibility index (Phi) is 6.56. The van der Waals surface area contributed by atoms with Crippen LogP contribution >= 0.6 is 0 Å². The van der Waals surface area contributed by atoms with Crippen molar-refractivity contribution < 1.29 is 14.5 Å².